The molecule has 2 rings (SSSR count). The maximum atomic E-state index is 13.0. The van der Waals surface area contributed by atoms with Gasteiger partial charge >= 0.3 is 5.97 Å². The molecule has 1 amide bonds. The number of nitrogens with zero attached hydrogens (tertiary/aromatic N) is 2. The molecule has 0 radical (unpaired) electrons. The first-order valence-corrected chi connectivity index (χ1v) is 9.59. The van der Waals surface area contributed by atoms with Gasteiger partial charge in [0.05, 0.1) is 0 Å². The third kappa shape index (κ3) is 4.68. The molecule has 1 heterocycles. The summed E-state index contributed by atoms with van der Waals surface area (Å²) in [7, 11) is 1.63. The van der Waals surface area contributed by atoms with E-state index in [4.69, 9.17) is 4.74 Å². The fourth-order valence-electron chi connectivity index (χ4n) is 3.22. The van der Waals surface area contributed by atoms with Crippen LogP contribution in [0.1, 0.15) is 55.2 Å². The van der Waals surface area contributed by atoms with E-state index in [1.165, 1.54) is 11.8 Å². The predicted molar refractivity (Wildman–Crippen MR) is 110 cm³/mol. The molecule has 6 heteroatoms. The average Bonchev–Trinajstić information content (AvgIpc) is 2.67. The lowest BCUT2D eigenvalue weighted by Crippen LogP contribution is -2.36. The number of ether oxygens (including phenoxy) is 1. The number of anilines is 1. The van der Waals surface area contributed by atoms with Crippen molar-refractivity contribution in [2.75, 3.05) is 11.9 Å². The van der Waals surface area contributed by atoms with Crippen LogP contribution in [0, 0.1) is 6.92 Å². The van der Waals surface area contributed by atoms with Gasteiger partial charge in [0, 0.05) is 31.9 Å². The number of unbranched alkanes of at least 4 members (excludes halogenated alkanes) is 1. The standard InChI is InChI=1S/C22H28N2O4/c1-6-8-13-24-20(7-2)15(3)14-19(22(24)27)21(26)23(5)17-9-11-18(12-10-17)28-16(4)25/h9-12,14H,6-8,13H2,1-5H3. The van der Waals surface area contributed by atoms with E-state index in [9.17, 15) is 14.4 Å². The predicted octanol–water partition coefficient (Wildman–Crippen LogP) is 3.72. The Bertz CT molecular complexity index is 913. The first-order chi connectivity index (χ1) is 13.3. The van der Waals surface area contributed by atoms with Gasteiger partial charge in [-0.25, -0.2) is 0 Å². The molecule has 0 bridgehead atoms. The van der Waals surface area contributed by atoms with Gasteiger partial charge in [-0.3, -0.25) is 14.4 Å². The number of carbonyl (C=O) groups is 2. The molecule has 0 aliphatic rings. The van der Waals surface area contributed by atoms with Crippen molar-refractivity contribution in [1.82, 2.24) is 4.57 Å². The zero-order chi connectivity index (χ0) is 20.8. The highest BCUT2D eigenvalue weighted by Crippen LogP contribution is 2.20. The Morgan fingerprint density at radius 2 is 1.79 bits per heavy atom. The monoisotopic (exact) mass is 384 g/mol. The molecule has 0 saturated carbocycles. The SMILES string of the molecule is CCCCn1c(CC)c(C)cc(C(=O)N(C)c2ccc(OC(C)=O)cc2)c1=O. The van der Waals surface area contributed by atoms with Crippen LogP contribution in [0.4, 0.5) is 5.69 Å². The molecule has 2 aromatic rings. The van der Waals surface area contributed by atoms with E-state index in [2.05, 4.69) is 6.92 Å². The molecule has 1 aromatic carbocycles. The number of aromatic nitrogens is 1. The van der Waals surface area contributed by atoms with E-state index in [1.54, 1.807) is 41.9 Å². The molecular weight excluding hydrogens is 356 g/mol. The minimum Gasteiger partial charge on any atom is -0.427 e. The normalized spacial score (nSPS) is 10.6. The number of hydrogen-bond donors (Lipinski definition) is 0. The highest BCUT2D eigenvalue weighted by molar-refractivity contribution is 6.05. The maximum absolute atomic E-state index is 13.0. The molecule has 150 valence electrons. The molecule has 0 unspecified atom stereocenters. The van der Waals surface area contributed by atoms with Gasteiger partial charge in [-0.2, -0.15) is 0 Å². The van der Waals surface area contributed by atoms with Gasteiger partial charge in [-0.15, -0.1) is 0 Å². The summed E-state index contributed by atoms with van der Waals surface area (Å²) >= 11 is 0. The van der Waals surface area contributed by atoms with Crippen LogP contribution in [0.3, 0.4) is 0 Å². The summed E-state index contributed by atoms with van der Waals surface area (Å²) < 4.78 is 6.75. The number of esters is 1. The first-order valence-electron chi connectivity index (χ1n) is 9.59. The third-order valence-corrected chi connectivity index (χ3v) is 4.71. The molecular formula is C22H28N2O4. The van der Waals surface area contributed by atoms with Crippen LogP contribution >= 0.6 is 0 Å². The van der Waals surface area contributed by atoms with Gasteiger partial charge in [-0.05, 0) is 55.7 Å². The van der Waals surface area contributed by atoms with Crippen LogP contribution in [0.25, 0.3) is 0 Å². The Kier molecular flexibility index (Phi) is 7.15. The molecule has 0 N–H and O–H groups in total. The van der Waals surface area contributed by atoms with Gasteiger partial charge < -0.3 is 14.2 Å². The fourth-order valence-corrected chi connectivity index (χ4v) is 3.22. The van der Waals surface area contributed by atoms with Gasteiger partial charge in [0.1, 0.15) is 11.3 Å². The Hall–Kier alpha value is -2.89. The Balaban J connectivity index is 2.38. The fraction of sp³-hybridized carbons (Fsp3) is 0.409. The maximum Gasteiger partial charge on any atom is 0.308 e. The highest BCUT2D eigenvalue weighted by Gasteiger charge is 2.21. The molecule has 0 aliphatic carbocycles. The van der Waals surface area contributed by atoms with E-state index in [0.717, 1.165) is 30.5 Å². The smallest absolute Gasteiger partial charge is 0.308 e. The average molecular weight is 384 g/mol. The molecule has 0 aliphatic heterocycles. The van der Waals surface area contributed by atoms with E-state index >= 15 is 0 Å². The lowest BCUT2D eigenvalue weighted by Gasteiger charge is -2.20. The summed E-state index contributed by atoms with van der Waals surface area (Å²) in [6, 6.07) is 8.28. The van der Waals surface area contributed by atoms with Crippen LogP contribution in [0.2, 0.25) is 0 Å². The van der Waals surface area contributed by atoms with Crippen molar-refractivity contribution in [3.05, 3.63) is 57.5 Å². The minimum absolute atomic E-state index is 0.164. The molecule has 0 fully saturated rings. The number of benzene rings is 1. The summed E-state index contributed by atoms with van der Waals surface area (Å²) in [5.74, 6) is -0.361. The van der Waals surface area contributed by atoms with Gasteiger partial charge in [0.15, 0.2) is 0 Å². The highest BCUT2D eigenvalue weighted by atomic mass is 16.5. The van der Waals surface area contributed by atoms with Crippen LogP contribution in [0.15, 0.2) is 35.1 Å². The molecule has 28 heavy (non-hydrogen) atoms. The summed E-state index contributed by atoms with van der Waals surface area (Å²) in [4.78, 5) is 38.5. The summed E-state index contributed by atoms with van der Waals surface area (Å²) in [6.07, 6.45) is 2.60. The zero-order valence-corrected chi connectivity index (χ0v) is 17.2. The van der Waals surface area contributed by atoms with Crippen molar-refractivity contribution in [2.45, 2.75) is 53.5 Å². The first kappa shape index (κ1) is 21.4. The summed E-state index contributed by atoms with van der Waals surface area (Å²) in [5, 5.41) is 0. The van der Waals surface area contributed by atoms with Gasteiger partial charge in [0.2, 0.25) is 0 Å². The van der Waals surface area contributed by atoms with Crippen molar-refractivity contribution in [3.8, 4) is 5.75 Å². The van der Waals surface area contributed by atoms with Crippen molar-refractivity contribution in [2.24, 2.45) is 0 Å². The number of hydrogen-bond acceptors (Lipinski definition) is 4. The topological polar surface area (TPSA) is 68.6 Å². The van der Waals surface area contributed by atoms with Crippen molar-refractivity contribution >= 4 is 17.6 Å². The number of rotatable bonds is 7. The third-order valence-electron chi connectivity index (χ3n) is 4.71. The van der Waals surface area contributed by atoms with Gasteiger partial charge in [0.25, 0.3) is 11.5 Å². The minimum atomic E-state index is -0.406. The van der Waals surface area contributed by atoms with E-state index < -0.39 is 5.97 Å². The van der Waals surface area contributed by atoms with Crippen LogP contribution < -0.4 is 15.2 Å². The molecule has 1 aromatic heterocycles. The zero-order valence-electron chi connectivity index (χ0n) is 17.2. The van der Waals surface area contributed by atoms with E-state index in [-0.39, 0.29) is 17.0 Å². The van der Waals surface area contributed by atoms with E-state index in [0.29, 0.717) is 18.0 Å². The lowest BCUT2D eigenvalue weighted by molar-refractivity contribution is -0.131. The van der Waals surface area contributed by atoms with Crippen LogP contribution in [-0.4, -0.2) is 23.5 Å². The lowest BCUT2D eigenvalue weighted by atomic mass is 10.1. The Morgan fingerprint density at radius 1 is 1.14 bits per heavy atom. The Labute approximate surface area is 165 Å². The van der Waals surface area contributed by atoms with Crippen molar-refractivity contribution < 1.29 is 14.3 Å². The second kappa shape index (κ2) is 9.35. The molecule has 0 atom stereocenters. The molecule has 0 saturated heterocycles. The number of pyridine rings is 1. The molecule has 6 nitrogen and oxygen atoms in total. The summed E-state index contributed by atoms with van der Waals surface area (Å²) in [5.41, 5.74) is 2.45. The van der Waals surface area contributed by atoms with Crippen molar-refractivity contribution in [3.63, 3.8) is 0 Å². The number of amides is 1. The van der Waals surface area contributed by atoms with Crippen LogP contribution in [0.5, 0.6) is 5.75 Å². The van der Waals surface area contributed by atoms with E-state index in [1.807, 2.05) is 13.8 Å². The number of aryl methyl sites for hydroxylation is 1. The summed E-state index contributed by atoms with van der Waals surface area (Å²) in [6.45, 7) is 7.97. The second-order valence-electron chi connectivity index (χ2n) is 6.80. The number of carbonyl (C=O) groups excluding carboxylic acids is 2. The van der Waals surface area contributed by atoms with Crippen molar-refractivity contribution in [1.29, 1.82) is 0 Å². The Morgan fingerprint density at radius 3 is 2.32 bits per heavy atom. The van der Waals surface area contributed by atoms with Crippen LogP contribution in [-0.2, 0) is 17.8 Å². The molecule has 0 spiro atoms. The quantitative estimate of drug-likeness (QED) is 0.539. The second-order valence-corrected chi connectivity index (χ2v) is 6.80. The van der Waals surface area contributed by atoms with Gasteiger partial charge in [-0.1, -0.05) is 20.3 Å². The largest absolute Gasteiger partial charge is 0.427 e.